The number of halogens is 4. The smallest absolute Gasteiger partial charge is 0.148 e. The molecule has 0 aromatic heterocycles. The molecule has 2 nitrogen and oxygen atoms in total. The molecular formula is C15H13Br2Cl2NO. The molecule has 6 heteroatoms. The van der Waals surface area contributed by atoms with Gasteiger partial charge in [0.1, 0.15) is 12.4 Å². The molecule has 2 aromatic carbocycles. The first-order chi connectivity index (χ1) is 10.0. The summed E-state index contributed by atoms with van der Waals surface area (Å²) in [5, 5.41) is 1.06. The Kier molecular flexibility index (Phi) is 6.38. The van der Waals surface area contributed by atoms with E-state index in [0.717, 1.165) is 32.2 Å². The SMILES string of the molecule is NCCc1cc(Br)c(OCc2ccc(Cl)c(Cl)c2)c(Br)c1. The van der Waals surface area contributed by atoms with Crippen molar-refractivity contribution in [2.45, 2.75) is 13.0 Å². The average molecular weight is 454 g/mol. The van der Waals surface area contributed by atoms with Gasteiger partial charge in [0.15, 0.2) is 0 Å². The normalized spacial score (nSPS) is 10.7. The molecule has 112 valence electrons. The first kappa shape index (κ1) is 17.1. The number of benzene rings is 2. The summed E-state index contributed by atoms with van der Waals surface area (Å²) in [6.07, 6.45) is 0.824. The Morgan fingerprint density at radius 3 is 2.19 bits per heavy atom. The molecule has 2 aromatic rings. The van der Waals surface area contributed by atoms with Crippen LogP contribution in [0.1, 0.15) is 11.1 Å². The number of hydrogen-bond donors (Lipinski definition) is 1. The zero-order valence-corrected chi connectivity index (χ0v) is 15.7. The van der Waals surface area contributed by atoms with Gasteiger partial charge in [-0.05, 0) is 80.2 Å². The Balaban J connectivity index is 2.14. The molecule has 0 bridgehead atoms. The summed E-state index contributed by atoms with van der Waals surface area (Å²) < 4.78 is 7.63. The van der Waals surface area contributed by atoms with Crippen LogP contribution in [0.4, 0.5) is 0 Å². The summed E-state index contributed by atoms with van der Waals surface area (Å²) in [4.78, 5) is 0. The summed E-state index contributed by atoms with van der Waals surface area (Å²) in [7, 11) is 0. The molecule has 0 saturated heterocycles. The molecule has 0 spiro atoms. The van der Waals surface area contributed by atoms with Crippen LogP contribution in [0.5, 0.6) is 5.75 Å². The van der Waals surface area contributed by atoms with Gasteiger partial charge in [-0.1, -0.05) is 29.3 Å². The van der Waals surface area contributed by atoms with E-state index in [0.29, 0.717) is 23.2 Å². The van der Waals surface area contributed by atoms with Crippen molar-refractivity contribution in [1.29, 1.82) is 0 Å². The molecule has 2 rings (SSSR count). The molecule has 0 aliphatic heterocycles. The molecule has 0 amide bonds. The van der Waals surface area contributed by atoms with E-state index in [1.54, 1.807) is 12.1 Å². The highest BCUT2D eigenvalue weighted by atomic mass is 79.9. The Morgan fingerprint density at radius 1 is 0.952 bits per heavy atom. The fraction of sp³-hybridized carbons (Fsp3) is 0.200. The fourth-order valence-corrected chi connectivity index (χ4v) is 3.68. The Morgan fingerprint density at radius 2 is 1.62 bits per heavy atom. The van der Waals surface area contributed by atoms with Gasteiger partial charge in [-0.3, -0.25) is 0 Å². The summed E-state index contributed by atoms with van der Waals surface area (Å²) in [6.45, 7) is 1.02. The first-order valence-corrected chi connectivity index (χ1v) is 8.60. The minimum atomic E-state index is 0.407. The Hall–Kier alpha value is -0.260. The largest absolute Gasteiger partial charge is 0.487 e. The van der Waals surface area contributed by atoms with E-state index in [1.807, 2.05) is 18.2 Å². The van der Waals surface area contributed by atoms with Gasteiger partial charge in [-0.15, -0.1) is 0 Å². The number of rotatable bonds is 5. The molecule has 0 saturated carbocycles. The molecule has 0 aliphatic rings. The van der Waals surface area contributed by atoms with E-state index in [4.69, 9.17) is 33.7 Å². The van der Waals surface area contributed by atoms with Crippen molar-refractivity contribution in [1.82, 2.24) is 0 Å². The minimum Gasteiger partial charge on any atom is -0.487 e. The van der Waals surface area contributed by atoms with E-state index in [9.17, 15) is 0 Å². The third kappa shape index (κ3) is 4.60. The van der Waals surface area contributed by atoms with Crippen LogP contribution in [0.3, 0.4) is 0 Å². The van der Waals surface area contributed by atoms with Gasteiger partial charge in [-0.2, -0.15) is 0 Å². The monoisotopic (exact) mass is 451 g/mol. The van der Waals surface area contributed by atoms with Crippen LogP contribution in [-0.2, 0) is 13.0 Å². The van der Waals surface area contributed by atoms with Crippen LogP contribution in [0, 0.1) is 0 Å². The topological polar surface area (TPSA) is 35.2 Å². The maximum Gasteiger partial charge on any atom is 0.148 e. The fourth-order valence-electron chi connectivity index (χ4n) is 1.85. The maximum absolute atomic E-state index is 6.00. The van der Waals surface area contributed by atoms with Crippen molar-refractivity contribution in [3.8, 4) is 5.75 Å². The average Bonchev–Trinajstić information content (AvgIpc) is 2.42. The van der Waals surface area contributed by atoms with E-state index in [2.05, 4.69) is 31.9 Å². The molecule has 0 aliphatic carbocycles. The van der Waals surface area contributed by atoms with Crippen molar-refractivity contribution in [3.05, 3.63) is 60.4 Å². The summed E-state index contributed by atoms with van der Waals surface area (Å²) in [5.41, 5.74) is 7.68. The third-order valence-corrected chi connectivity index (χ3v) is 4.78. The zero-order chi connectivity index (χ0) is 15.4. The third-order valence-electron chi connectivity index (χ3n) is 2.86. The molecular weight excluding hydrogens is 441 g/mol. The highest BCUT2D eigenvalue weighted by Crippen LogP contribution is 2.35. The lowest BCUT2D eigenvalue weighted by Crippen LogP contribution is -2.03. The highest BCUT2D eigenvalue weighted by molar-refractivity contribution is 9.11. The van der Waals surface area contributed by atoms with Gasteiger partial charge in [0, 0.05) is 0 Å². The number of ether oxygens (including phenoxy) is 1. The van der Waals surface area contributed by atoms with Gasteiger partial charge >= 0.3 is 0 Å². The van der Waals surface area contributed by atoms with Crippen LogP contribution in [-0.4, -0.2) is 6.54 Å². The zero-order valence-electron chi connectivity index (χ0n) is 11.0. The number of nitrogens with two attached hydrogens (primary N) is 1. The molecule has 0 heterocycles. The van der Waals surface area contributed by atoms with Crippen molar-refractivity contribution < 1.29 is 4.74 Å². The predicted molar refractivity (Wildman–Crippen MR) is 95.4 cm³/mol. The van der Waals surface area contributed by atoms with Gasteiger partial charge in [0.05, 0.1) is 19.0 Å². The van der Waals surface area contributed by atoms with Gasteiger partial charge in [0.2, 0.25) is 0 Å². The molecule has 0 fully saturated rings. The first-order valence-electron chi connectivity index (χ1n) is 6.26. The van der Waals surface area contributed by atoms with Crippen LogP contribution in [0.2, 0.25) is 10.0 Å². The minimum absolute atomic E-state index is 0.407. The summed E-state index contributed by atoms with van der Waals surface area (Å²) in [6, 6.07) is 9.48. The Labute approximate surface area is 150 Å². The highest BCUT2D eigenvalue weighted by Gasteiger charge is 2.10. The van der Waals surface area contributed by atoms with Gasteiger partial charge in [-0.25, -0.2) is 0 Å². The molecule has 2 N–H and O–H groups in total. The van der Waals surface area contributed by atoms with Crippen LogP contribution >= 0.6 is 55.1 Å². The van der Waals surface area contributed by atoms with Crippen molar-refractivity contribution in [2.75, 3.05) is 6.54 Å². The van der Waals surface area contributed by atoms with Gasteiger partial charge < -0.3 is 10.5 Å². The second kappa shape index (κ2) is 7.84. The van der Waals surface area contributed by atoms with E-state index < -0.39 is 0 Å². The van der Waals surface area contributed by atoms with Crippen molar-refractivity contribution in [2.24, 2.45) is 5.73 Å². The molecule has 0 radical (unpaired) electrons. The second-order valence-corrected chi connectivity index (χ2v) is 6.99. The number of hydrogen-bond acceptors (Lipinski definition) is 2. The maximum atomic E-state index is 6.00. The van der Waals surface area contributed by atoms with Crippen LogP contribution < -0.4 is 10.5 Å². The lowest BCUT2D eigenvalue weighted by atomic mass is 10.1. The molecule has 21 heavy (non-hydrogen) atoms. The second-order valence-electron chi connectivity index (χ2n) is 4.46. The predicted octanol–water partition coefficient (Wildman–Crippen LogP) is 5.60. The summed E-state index contributed by atoms with van der Waals surface area (Å²) >= 11 is 18.9. The Bertz CT molecular complexity index is 627. The van der Waals surface area contributed by atoms with E-state index in [-0.39, 0.29) is 0 Å². The van der Waals surface area contributed by atoms with Crippen molar-refractivity contribution in [3.63, 3.8) is 0 Å². The lowest BCUT2D eigenvalue weighted by molar-refractivity contribution is 0.302. The van der Waals surface area contributed by atoms with Crippen molar-refractivity contribution >= 4 is 55.1 Å². The van der Waals surface area contributed by atoms with E-state index >= 15 is 0 Å². The quantitative estimate of drug-likeness (QED) is 0.639. The standard InChI is InChI=1S/C15H13Br2Cl2NO/c16-11-5-9(3-4-20)6-12(17)15(11)21-8-10-1-2-13(18)14(19)7-10/h1-2,5-7H,3-4,8,20H2. The summed E-state index contributed by atoms with van der Waals surface area (Å²) in [5.74, 6) is 0.752. The molecule has 0 atom stereocenters. The van der Waals surface area contributed by atoms with Crippen LogP contribution in [0.25, 0.3) is 0 Å². The van der Waals surface area contributed by atoms with Crippen LogP contribution in [0.15, 0.2) is 39.3 Å². The van der Waals surface area contributed by atoms with E-state index in [1.165, 1.54) is 0 Å². The molecule has 0 unspecified atom stereocenters. The van der Waals surface area contributed by atoms with Gasteiger partial charge in [0.25, 0.3) is 0 Å². The lowest BCUT2D eigenvalue weighted by Gasteiger charge is -2.12.